The second-order valence-electron chi connectivity index (χ2n) is 6.54. The lowest BCUT2D eigenvalue weighted by atomic mass is 9.97. The molecule has 3 aromatic carbocycles. The van der Waals surface area contributed by atoms with Crippen LogP contribution in [0.4, 0.5) is 0 Å². The summed E-state index contributed by atoms with van der Waals surface area (Å²) in [4.78, 5) is 4.64. The highest BCUT2D eigenvalue weighted by Gasteiger charge is 2.11. The van der Waals surface area contributed by atoms with Gasteiger partial charge in [0.15, 0.2) is 0 Å². The molecule has 25 heavy (non-hydrogen) atoms. The number of hydrogen-bond acceptors (Lipinski definition) is 1. The van der Waals surface area contributed by atoms with Crippen molar-refractivity contribution in [3.8, 4) is 0 Å². The maximum absolute atomic E-state index is 4.64. The summed E-state index contributed by atoms with van der Waals surface area (Å²) in [5.41, 5.74) is 2.21. The second kappa shape index (κ2) is 4.58. The molecule has 116 valence electrons. The summed E-state index contributed by atoms with van der Waals surface area (Å²) in [6, 6.07) is 26.1. The molecule has 6 aromatic rings. The Hall–Kier alpha value is -3.39. The van der Waals surface area contributed by atoms with Gasteiger partial charge in [-0.1, -0.05) is 36.4 Å². The van der Waals surface area contributed by atoms with Gasteiger partial charge in [0.2, 0.25) is 0 Å². The highest BCUT2D eigenvalue weighted by atomic mass is 15.0. The molecule has 0 spiro atoms. The van der Waals surface area contributed by atoms with E-state index in [1.165, 1.54) is 43.2 Å². The lowest BCUT2D eigenvalue weighted by molar-refractivity contribution is 1.21. The van der Waals surface area contributed by atoms with Gasteiger partial charge in [0, 0.05) is 23.2 Å². The molecule has 0 amide bonds. The zero-order valence-corrected chi connectivity index (χ0v) is 13.5. The van der Waals surface area contributed by atoms with Gasteiger partial charge in [0.1, 0.15) is 5.65 Å². The standard InChI is InChI=1S/C23H14N2/c1-2-6-17-15(5-1)9-10-16-13-21-20(14-19(16)17)18-7-3-11-24-23(18)25-12-4-8-22(21)25/h1-14H. The van der Waals surface area contributed by atoms with Crippen LogP contribution in [0.15, 0.2) is 85.2 Å². The first-order chi connectivity index (χ1) is 12.4. The fraction of sp³-hybridized carbons (Fsp3) is 0. The van der Waals surface area contributed by atoms with Gasteiger partial charge in [-0.2, -0.15) is 0 Å². The molecule has 6 rings (SSSR count). The Morgan fingerprint density at radius 2 is 1.48 bits per heavy atom. The normalized spacial score (nSPS) is 12.0. The van der Waals surface area contributed by atoms with E-state index in [9.17, 15) is 0 Å². The number of hydrogen-bond donors (Lipinski definition) is 0. The third kappa shape index (κ3) is 1.66. The van der Waals surface area contributed by atoms with Crippen molar-refractivity contribution in [3.05, 3.63) is 85.2 Å². The molecule has 2 nitrogen and oxygen atoms in total. The molecule has 0 aliphatic rings. The Kier molecular flexibility index (Phi) is 2.37. The average Bonchev–Trinajstić information content (AvgIpc) is 3.17. The van der Waals surface area contributed by atoms with Crippen molar-refractivity contribution in [1.82, 2.24) is 9.38 Å². The van der Waals surface area contributed by atoms with Gasteiger partial charge in [-0.05, 0) is 63.3 Å². The minimum atomic E-state index is 1.01. The number of rotatable bonds is 0. The molecule has 0 N–H and O–H groups in total. The van der Waals surface area contributed by atoms with Crippen LogP contribution in [0.2, 0.25) is 0 Å². The van der Waals surface area contributed by atoms with E-state index in [-0.39, 0.29) is 0 Å². The fourth-order valence-electron chi connectivity index (χ4n) is 4.07. The minimum absolute atomic E-state index is 1.01. The van der Waals surface area contributed by atoms with Crippen molar-refractivity contribution >= 4 is 48.9 Å². The maximum atomic E-state index is 4.64. The molecule has 0 aliphatic carbocycles. The molecule has 0 saturated carbocycles. The van der Waals surface area contributed by atoms with E-state index in [0.29, 0.717) is 0 Å². The molecule has 2 heteroatoms. The van der Waals surface area contributed by atoms with Crippen molar-refractivity contribution in [2.75, 3.05) is 0 Å². The van der Waals surface area contributed by atoms with Gasteiger partial charge in [-0.15, -0.1) is 0 Å². The van der Waals surface area contributed by atoms with E-state index in [1.54, 1.807) is 0 Å². The van der Waals surface area contributed by atoms with E-state index in [4.69, 9.17) is 0 Å². The zero-order valence-electron chi connectivity index (χ0n) is 13.5. The molecule has 3 heterocycles. The van der Waals surface area contributed by atoms with Crippen molar-refractivity contribution in [1.29, 1.82) is 0 Å². The minimum Gasteiger partial charge on any atom is -0.301 e. The van der Waals surface area contributed by atoms with Crippen LogP contribution >= 0.6 is 0 Å². The highest BCUT2D eigenvalue weighted by molar-refractivity contribution is 6.20. The Labute approximate surface area is 143 Å². The van der Waals surface area contributed by atoms with Crippen LogP contribution in [0, 0.1) is 0 Å². The highest BCUT2D eigenvalue weighted by Crippen LogP contribution is 2.35. The Morgan fingerprint density at radius 3 is 2.48 bits per heavy atom. The van der Waals surface area contributed by atoms with Crippen molar-refractivity contribution < 1.29 is 0 Å². The van der Waals surface area contributed by atoms with Gasteiger partial charge in [-0.25, -0.2) is 4.98 Å². The Balaban J connectivity index is 1.95. The quantitative estimate of drug-likeness (QED) is 0.250. The summed E-state index contributed by atoms with van der Waals surface area (Å²) in [6.07, 6.45) is 3.96. The van der Waals surface area contributed by atoms with Crippen LogP contribution in [0.5, 0.6) is 0 Å². The van der Waals surface area contributed by atoms with Crippen LogP contribution in [-0.2, 0) is 0 Å². The van der Waals surface area contributed by atoms with Gasteiger partial charge >= 0.3 is 0 Å². The Bertz CT molecular complexity index is 1440. The first kappa shape index (κ1) is 13.0. The molecular formula is C23H14N2. The van der Waals surface area contributed by atoms with Crippen LogP contribution in [0.3, 0.4) is 0 Å². The molecule has 0 fully saturated rings. The molecule has 0 unspecified atom stereocenters. The van der Waals surface area contributed by atoms with Crippen LogP contribution in [0.1, 0.15) is 0 Å². The van der Waals surface area contributed by atoms with Crippen LogP contribution in [-0.4, -0.2) is 9.38 Å². The van der Waals surface area contributed by atoms with Crippen molar-refractivity contribution in [2.24, 2.45) is 0 Å². The number of aromatic nitrogens is 2. The summed E-state index contributed by atoms with van der Waals surface area (Å²) in [5.74, 6) is 0. The summed E-state index contributed by atoms with van der Waals surface area (Å²) in [5, 5.41) is 8.88. The average molecular weight is 318 g/mol. The van der Waals surface area contributed by atoms with Gasteiger partial charge in [0.05, 0.1) is 5.52 Å². The third-order valence-corrected chi connectivity index (χ3v) is 5.21. The van der Waals surface area contributed by atoms with E-state index in [2.05, 4.69) is 82.3 Å². The van der Waals surface area contributed by atoms with Crippen LogP contribution < -0.4 is 0 Å². The lowest BCUT2D eigenvalue weighted by Gasteiger charge is -2.11. The van der Waals surface area contributed by atoms with Crippen molar-refractivity contribution in [3.63, 3.8) is 0 Å². The van der Waals surface area contributed by atoms with E-state index >= 15 is 0 Å². The predicted octanol–water partition coefficient (Wildman–Crippen LogP) is 5.95. The van der Waals surface area contributed by atoms with Crippen LogP contribution in [0.25, 0.3) is 48.9 Å². The summed E-state index contributed by atoms with van der Waals surface area (Å²) in [6.45, 7) is 0. The molecular weight excluding hydrogens is 304 g/mol. The number of nitrogens with zero attached hydrogens (tertiary/aromatic N) is 2. The van der Waals surface area contributed by atoms with E-state index < -0.39 is 0 Å². The first-order valence-electron chi connectivity index (χ1n) is 8.49. The van der Waals surface area contributed by atoms with Gasteiger partial charge < -0.3 is 4.40 Å². The van der Waals surface area contributed by atoms with Crippen molar-refractivity contribution in [2.45, 2.75) is 0 Å². The lowest BCUT2D eigenvalue weighted by Crippen LogP contribution is -1.92. The molecule has 0 saturated heterocycles. The Morgan fingerprint density at radius 1 is 0.600 bits per heavy atom. The number of pyridine rings is 2. The van der Waals surface area contributed by atoms with Gasteiger partial charge in [0.25, 0.3) is 0 Å². The number of fused-ring (bicyclic) bond motifs is 9. The van der Waals surface area contributed by atoms with E-state index in [1.807, 2.05) is 12.3 Å². The zero-order chi connectivity index (χ0) is 16.4. The first-order valence-corrected chi connectivity index (χ1v) is 8.49. The molecule has 0 radical (unpaired) electrons. The summed E-state index contributed by atoms with van der Waals surface area (Å²) < 4.78 is 2.19. The molecule has 0 aliphatic heterocycles. The predicted molar refractivity (Wildman–Crippen MR) is 105 cm³/mol. The summed E-state index contributed by atoms with van der Waals surface area (Å²) >= 11 is 0. The fourth-order valence-corrected chi connectivity index (χ4v) is 4.07. The maximum Gasteiger partial charge on any atom is 0.144 e. The monoisotopic (exact) mass is 318 g/mol. The molecule has 3 aromatic heterocycles. The third-order valence-electron chi connectivity index (χ3n) is 5.21. The SMILES string of the molecule is c1ccc2c(c1)ccc1cc3c(cc12)c1cccnc1n1cccc31. The van der Waals surface area contributed by atoms with E-state index in [0.717, 1.165) is 5.65 Å². The largest absolute Gasteiger partial charge is 0.301 e. The molecule has 0 atom stereocenters. The van der Waals surface area contributed by atoms with Gasteiger partial charge in [-0.3, -0.25) is 0 Å². The topological polar surface area (TPSA) is 17.3 Å². The number of benzene rings is 3. The second-order valence-corrected chi connectivity index (χ2v) is 6.54. The molecule has 0 bridgehead atoms. The summed E-state index contributed by atoms with van der Waals surface area (Å²) in [7, 11) is 0. The smallest absolute Gasteiger partial charge is 0.144 e.